The fourth-order valence-electron chi connectivity index (χ4n) is 2.76. The lowest BCUT2D eigenvalue weighted by Crippen LogP contribution is -2.48. The summed E-state index contributed by atoms with van der Waals surface area (Å²) < 4.78 is 1.78. The van der Waals surface area contributed by atoms with E-state index in [1.165, 1.54) is 5.56 Å². The molecule has 0 radical (unpaired) electrons. The Morgan fingerprint density at radius 3 is 2.68 bits per heavy atom. The molecule has 22 heavy (non-hydrogen) atoms. The quantitative estimate of drug-likeness (QED) is 0.869. The maximum atomic E-state index is 12.5. The highest BCUT2D eigenvalue weighted by molar-refractivity contribution is 6.31. The van der Waals surface area contributed by atoms with Gasteiger partial charge in [0.15, 0.2) is 0 Å². The SMILES string of the molecule is Cn1cc(Cl)cc1C(=O)N1CCN(Cc2cccnc2)CC1. The smallest absolute Gasteiger partial charge is 0.270 e. The van der Waals surface area contributed by atoms with Crippen LogP contribution in [-0.4, -0.2) is 51.4 Å². The van der Waals surface area contributed by atoms with Crippen molar-refractivity contribution in [3.63, 3.8) is 0 Å². The molecule has 0 bridgehead atoms. The molecule has 6 heteroatoms. The Balaban J connectivity index is 1.57. The summed E-state index contributed by atoms with van der Waals surface area (Å²) in [6.07, 6.45) is 5.43. The van der Waals surface area contributed by atoms with Crippen LogP contribution < -0.4 is 0 Å². The third-order valence-corrected chi connectivity index (χ3v) is 4.19. The number of halogens is 1. The van der Waals surface area contributed by atoms with Crippen LogP contribution in [0, 0.1) is 0 Å². The lowest BCUT2D eigenvalue weighted by molar-refractivity contribution is 0.0619. The first-order valence-electron chi connectivity index (χ1n) is 7.36. The number of piperazine rings is 1. The molecule has 1 fully saturated rings. The normalized spacial score (nSPS) is 16.0. The van der Waals surface area contributed by atoms with Crippen LogP contribution >= 0.6 is 11.6 Å². The Morgan fingerprint density at radius 1 is 1.32 bits per heavy atom. The fraction of sp³-hybridized carbons (Fsp3) is 0.375. The Morgan fingerprint density at radius 2 is 2.09 bits per heavy atom. The molecular weight excluding hydrogens is 300 g/mol. The number of carbonyl (C=O) groups excluding carboxylic acids is 1. The molecule has 1 saturated heterocycles. The molecule has 0 aromatic carbocycles. The van der Waals surface area contributed by atoms with Gasteiger partial charge >= 0.3 is 0 Å². The van der Waals surface area contributed by atoms with Gasteiger partial charge in [-0.05, 0) is 17.7 Å². The number of pyridine rings is 1. The topological polar surface area (TPSA) is 41.4 Å². The van der Waals surface area contributed by atoms with Gasteiger partial charge in [0.25, 0.3) is 5.91 Å². The summed E-state index contributed by atoms with van der Waals surface area (Å²) in [7, 11) is 1.85. The van der Waals surface area contributed by atoms with Crippen LogP contribution in [0.25, 0.3) is 0 Å². The van der Waals surface area contributed by atoms with Crippen molar-refractivity contribution in [2.75, 3.05) is 26.2 Å². The van der Waals surface area contributed by atoms with Gasteiger partial charge in [-0.3, -0.25) is 14.7 Å². The maximum absolute atomic E-state index is 12.5. The van der Waals surface area contributed by atoms with E-state index in [1.807, 2.05) is 24.2 Å². The Kier molecular flexibility index (Phi) is 4.45. The minimum absolute atomic E-state index is 0.0513. The predicted octanol–water partition coefficient (Wildman–Crippen LogP) is 2.03. The van der Waals surface area contributed by atoms with E-state index in [4.69, 9.17) is 11.6 Å². The molecule has 0 aliphatic carbocycles. The number of nitrogens with zero attached hydrogens (tertiary/aromatic N) is 4. The van der Waals surface area contributed by atoms with Gasteiger partial charge < -0.3 is 9.47 Å². The lowest BCUT2D eigenvalue weighted by atomic mass is 10.2. The first kappa shape index (κ1) is 15.1. The van der Waals surface area contributed by atoms with E-state index >= 15 is 0 Å². The number of aryl methyl sites for hydroxylation is 1. The van der Waals surface area contributed by atoms with Crippen LogP contribution in [0.4, 0.5) is 0 Å². The number of hydrogen-bond acceptors (Lipinski definition) is 3. The fourth-order valence-corrected chi connectivity index (χ4v) is 3.01. The molecule has 0 N–H and O–H groups in total. The average Bonchev–Trinajstić information content (AvgIpc) is 2.87. The van der Waals surface area contributed by atoms with Crippen LogP contribution in [0.3, 0.4) is 0 Å². The molecule has 2 aromatic heterocycles. The van der Waals surface area contributed by atoms with Gasteiger partial charge in [0, 0.05) is 58.4 Å². The van der Waals surface area contributed by atoms with Gasteiger partial charge in [0.05, 0.1) is 5.02 Å². The molecule has 0 atom stereocenters. The molecule has 3 heterocycles. The zero-order chi connectivity index (χ0) is 15.5. The van der Waals surface area contributed by atoms with Gasteiger partial charge in [-0.2, -0.15) is 0 Å². The van der Waals surface area contributed by atoms with Crippen LogP contribution in [0.2, 0.25) is 5.02 Å². The molecule has 1 aliphatic rings. The van der Waals surface area contributed by atoms with Gasteiger partial charge in [-0.1, -0.05) is 17.7 Å². The van der Waals surface area contributed by atoms with Crippen molar-refractivity contribution in [3.8, 4) is 0 Å². The molecule has 0 unspecified atom stereocenters. The number of aromatic nitrogens is 2. The van der Waals surface area contributed by atoms with E-state index in [0.717, 1.165) is 32.7 Å². The maximum Gasteiger partial charge on any atom is 0.270 e. The minimum atomic E-state index is 0.0513. The lowest BCUT2D eigenvalue weighted by Gasteiger charge is -2.34. The van der Waals surface area contributed by atoms with Crippen molar-refractivity contribution in [3.05, 3.63) is 53.1 Å². The largest absolute Gasteiger partial charge is 0.345 e. The molecule has 0 saturated carbocycles. The van der Waals surface area contributed by atoms with E-state index in [0.29, 0.717) is 10.7 Å². The van der Waals surface area contributed by atoms with Crippen LogP contribution in [0.1, 0.15) is 16.1 Å². The van der Waals surface area contributed by atoms with E-state index in [2.05, 4.69) is 16.0 Å². The second kappa shape index (κ2) is 6.50. The zero-order valence-corrected chi connectivity index (χ0v) is 13.3. The van der Waals surface area contributed by atoms with E-state index in [1.54, 1.807) is 23.0 Å². The first-order valence-corrected chi connectivity index (χ1v) is 7.73. The van der Waals surface area contributed by atoms with Gasteiger partial charge in [-0.25, -0.2) is 0 Å². The van der Waals surface area contributed by atoms with Gasteiger partial charge in [-0.15, -0.1) is 0 Å². The molecule has 0 spiro atoms. The summed E-state index contributed by atoms with van der Waals surface area (Å²) in [5.74, 6) is 0.0513. The number of rotatable bonds is 3. The van der Waals surface area contributed by atoms with Crippen molar-refractivity contribution < 1.29 is 4.79 Å². The van der Waals surface area contributed by atoms with Gasteiger partial charge in [0.1, 0.15) is 5.69 Å². The molecule has 1 amide bonds. The summed E-state index contributed by atoms with van der Waals surface area (Å²) in [4.78, 5) is 20.9. The molecular formula is C16H19ClN4O. The summed E-state index contributed by atoms with van der Waals surface area (Å²) in [5.41, 5.74) is 1.85. The molecule has 5 nitrogen and oxygen atoms in total. The highest BCUT2D eigenvalue weighted by atomic mass is 35.5. The van der Waals surface area contributed by atoms with Crippen molar-refractivity contribution in [1.29, 1.82) is 0 Å². The van der Waals surface area contributed by atoms with Crippen molar-refractivity contribution in [2.24, 2.45) is 7.05 Å². The second-order valence-corrected chi connectivity index (χ2v) is 6.02. The Hall–Kier alpha value is -1.85. The number of amides is 1. The Labute approximate surface area is 135 Å². The van der Waals surface area contributed by atoms with Crippen molar-refractivity contribution in [2.45, 2.75) is 6.54 Å². The summed E-state index contributed by atoms with van der Waals surface area (Å²) >= 11 is 5.96. The van der Waals surface area contributed by atoms with Crippen LogP contribution in [0.15, 0.2) is 36.8 Å². The molecule has 3 rings (SSSR count). The van der Waals surface area contributed by atoms with Crippen LogP contribution in [0.5, 0.6) is 0 Å². The number of carbonyl (C=O) groups is 1. The third-order valence-electron chi connectivity index (χ3n) is 3.98. The highest BCUT2D eigenvalue weighted by Gasteiger charge is 2.24. The summed E-state index contributed by atoms with van der Waals surface area (Å²) in [5, 5.41) is 0.598. The standard InChI is InChI=1S/C16H19ClN4O/c1-19-12-14(17)9-15(19)16(22)21-7-5-20(6-8-21)11-13-3-2-4-18-10-13/h2-4,9-10,12H,5-8,11H2,1H3. The minimum Gasteiger partial charge on any atom is -0.345 e. The van der Waals surface area contributed by atoms with E-state index in [9.17, 15) is 4.79 Å². The van der Waals surface area contributed by atoms with Gasteiger partial charge in [0.2, 0.25) is 0 Å². The van der Waals surface area contributed by atoms with Crippen molar-refractivity contribution >= 4 is 17.5 Å². The molecule has 2 aromatic rings. The molecule has 1 aliphatic heterocycles. The van der Waals surface area contributed by atoms with Crippen molar-refractivity contribution in [1.82, 2.24) is 19.4 Å². The Bertz CT molecular complexity index is 647. The van der Waals surface area contributed by atoms with E-state index in [-0.39, 0.29) is 5.91 Å². The number of hydrogen-bond donors (Lipinski definition) is 0. The zero-order valence-electron chi connectivity index (χ0n) is 12.6. The van der Waals surface area contributed by atoms with E-state index < -0.39 is 0 Å². The predicted molar refractivity (Wildman–Crippen MR) is 85.8 cm³/mol. The monoisotopic (exact) mass is 318 g/mol. The highest BCUT2D eigenvalue weighted by Crippen LogP contribution is 2.16. The third kappa shape index (κ3) is 3.31. The average molecular weight is 319 g/mol. The second-order valence-electron chi connectivity index (χ2n) is 5.58. The molecule has 116 valence electrons. The van der Waals surface area contributed by atoms with Crippen LogP contribution in [-0.2, 0) is 13.6 Å². The summed E-state index contributed by atoms with van der Waals surface area (Å²) in [6, 6.07) is 5.76. The first-order chi connectivity index (χ1) is 10.6. The summed E-state index contributed by atoms with van der Waals surface area (Å²) in [6.45, 7) is 4.10.